The van der Waals surface area contributed by atoms with Gasteiger partial charge in [0.15, 0.2) is 0 Å². The molecule has 0 aliphatic rings. The SMILES string of the molecule is COc1cc(Br)ccc1[C@H](N)CN.Cl. The summed E-state index contributed by atoms with van der Waals surface area (Å²) in [5, 5.41) is 0. The molecule has 80 valence electrons. The van der Waals surface area contributed by atoms with Gasteiger partial charge in [-0.1, -0.05) is 22.0 Å². The summed E-state index contributed by atoms with van der Waals surface area (Å²) < 4.78 is 6.15. The first-order valence-electron chi connectivity index (χ1n) is 3.98. The van der Waals surface area contributed by atoms with Gasteiger partial charge in [-0.2, -0.15) is 0 Å². The minimum atomic E-state index is -0.164. The molecule has 5 heteroatoms. The van der Waals surface area contributed by atoms with Gasteiger partial charge in [0, 0.05) is 22.6 Å². The van der Waals surface area contributed by atoms with Gasteiger partial charge in [0.05, 0.1) is 7.11 Å². The van der Waals surface area contributed by atoms with Crippen LogP contribution in [0.5, 0.6) is 5.75 Å². The summed E-state index contributed by atoms with van der Waals surface area (Å²) in [5.41, 5.74) is 12.2. The Morgan fingerprint density at radius 2 is 2.14 bits per heavy atom. The molecule has 0 aromatic heterocycles. The van der Waals surface area contributed by atoms with Crippen LogP contribution in [0, 0.1) is 0 Å². The second-order valence-electron chi connectivity index (χ2n) is 2.73. The molecular weight excluding hydrogens is 267 g/mol. The first kappa shape index (κ1) is 13.7. The van der Waals surface area contributed by atoms with Crippen molar-refractivity contribution in [3.05, 3.63) is 28.2 Å². The van der Waals surface area contributed by atoms with Gasteiger partial charge in [-0.25, -0.2) is 0 Å². The molecule has 1 atom stereocenters. The van der Waals surface area contributed by atoms with Crippen molar-refractivity contribution < 1.29 is 4.74 Å². The minimum Gasteiger partial charge on any atom is -0.496 e. The lowest BCUT2D eigenvalue weighted by molar-refractivity contribution is 0.405. The van der Waals surface area contributed by atoms with E-state index >= 15 is 0 Å². The highest BCUT2D eigenvalue weighted by Crippen LogP contribution is 2.26. The molecule has 0 aliphatic heterocycles. The number of ether oxygens (including phenoxy) is 1. The van der Waals surface area contributed by atoms with Crippen molar-refractivity contribution in [1.29, 1.82) is 0 Å². The minimum absolute atomic E-state index is 0. The number of methoxy groups -OCH3 is 1. The van der Waals surface area contributed by atoms with Crippen molar-refractivity contribution in [2.24, 2.45) is 11.5 Å². The summed E-state index contributed by atoms with van der Waals surface area (Å²) in [7, 11) is 1.62. The second kappa shape index (κ2) is 6.24. The molecule has 0 heterocycles. The van der Waals surface area contributed by atoms with E-state index in [0.717, 1.165) is 15.8 Å². The van der Waals surface area contributed by atoms with Gasteiger partial charge in [0.1, 0.15) is 5.75 Å². The van der Waals surface area contributed by atoms with Gasteiger partial charge in [0.2, 0.25) is 0 Å². The summed E-state index contributed by atoms with van der Waals surface area (Å²) >= 11 is 3.36. The van der Waals surface area contributed by atoms with E-state index in [9.17, 15) is 0 Å². The Hall–Kier alpha value is -0.290. The van der Waals surface area contributed by atoms with Crippen LogP contribution in [0.25, 0.3) is 0 Å². The molecule has 0 spiro atoms. The lowest BCUT2D eigenvalue weighted by Crippen LogP contribution is -2.21. The molecule has 3 nitrogen and oxygen atoms in total. The molecule has 1 aromatic carbocycles. The molecule has 0 bridgehead atoms. The molecule has 1 aromatic rings. The summed E-state index contributed by atoms with van der Waals surface area (Å²) in [5.74, 6) is 0.771. The van der Waals surface area contributed by atoms with E-state index in [1.165, 1.54) is 0 Å². The average molecular weight is 282 g/mol. The summed E-state index contributed by atoms with van der Waals surface area (Å²) in [6.45, 7) is 0.415. The van der Waals surface area contributed by atoms with Gasteiger partial charge < -0.3 is 16.2 Å². The van der Waals surface area contributed by atoms with Crippen molar-refractivity contribution in [2.45, 2.75) is 6.04 Å². The quantitative estimate of drug-likeness (QED) is 0.889. The second-order valence-corrected chi connectivity index (χ2v) is 3.64. The number of nitrogens with two attached hydrogens (primary N) is 2. The van der Waals surface area contributed by atoms with Crippen LogP contribution in [-0.4, -0.2) is 13.7 Å². The van der Waals surface area contributed by atoms with Crippen LogP contribution in [-0.2, 0) is 0 Å². The highest BCUT2D eigenvalue weighted by atomic mass is 79.9. The van der Waals surface area contributed by atoms with E-state index in [2.05, 4.69) is 15.9 Å². The average Bonchev–Trinajstić information content (AvgIpc) is 2.16. The van der Waals surface area contributed by atoms with Crippen molar-refractivity contribution >= 4 is 28.3 Å². The maximum absolute atomic E-state index is 5.80. The molecule has 0 amide bonds. The normalized spacial score (nSPS) is 11.7. The van der Waals surface area contributed by atoms with Crippen molar-refractivity contribution in [3.8, 4) is 5.75 Å². The summed E-state index contributed by atoms with van der Waals surface area (Å²) in [4.78, 5) is 0. The van der Waals surface area contributed by atoms with E-state index in [1.54, 1.807) is 7.11 Å². The zero-order chi connectivity index (χ0) is 9.84. The van der Waals surface area contributed by atoms with Gasteiger partial charge >= 0.3 is 0 Å². The zero-order valence-corrected chi connectivity index (χ0v) is 10.3. The Morgan fingerprint density at radius 1 is 1.50 bits per heavy atom. The summed E-state index contributed by atoms with van der Waals surface area (Å²) in [6, 6.07) is 5.56. The van der Waals surface area contributed by atoms with Crippen molar-refractivity contribution in [1.82, 2.24) is 0 Å². The van der Waals surface area contributed by atoms with Gasteiger partial charge in [-0.15, -0.1) is 12.4 Å². The first-order chi connectivity index (χ1) is 6.19. The monoisotopic (exact) mass is 280 g/mol. The Bertz CT molecular complexity index is 296. The van der Waals surface area contributed by atoms with E-state index in [0.29, 0.717) is 6.54 Å². The Morgan fingerprint density at radius 3 is 2.64 bits per heavy atom. The molecule has 0 radical (unpaired) electrons. The highest BCUT2D eigenvalue weighted by Gasteiger charge is 2.09. The van der Waals surface area contributed by atoms with E-state index < -0.39 is 0 Å². The molecule has 0 saturated carbocycles. The van der Waals surface area contributed by atoms with Gasteiger partial charge in [-0.3, -0.25) is 0 Å². The highest BCUT2D eigenvalue weighted by molar-refractivity contribution is 9.10. The third kappa shape index (κ3) is 3.13. The molecule has 1 rings (SSSR count). The number of halogens is 2. The van der Waals surface area contributed by atoms with Crippen molar-refractivity contribution in [2.75, 3.05) is 13.7 Å². The smallest absolute Gasteiger partial charge is 0.124 e. The van der Waals surface area contributed by atoms with Crippen LogP contribution in [0.1, 0.15) is 11.6 Å². The van der Waals surface area contributed by atoms with Gasteiger partial charge in [-0.05, 0) is 12.1 Å². The fourth-order valence-electron chi connectivity index (χ4n) is 1.12. The van der Waals surface area contributed by atoms with Gasteiger partial charge in [0.25, 0.3) is 0 Å². The van der Waals surface area contributed by atoms with E-state index in [1.807, 2.05) is 18.2 Å². The summed E-state index contributed by atoms with van der Waals surface area (Å²) in [6.07, 6.45) is 0. The Balaban J connectivity index is 0.00000169. The third-order valence-corrected chi connectivity index (χ3v) is 2.34. The van der Waals surface area contributed by atoms with E-state index in [-0.39, 0.29) is 18.4 Å². The predicted octanol–water partition coefficient (Wildman–Crippen LogP) is 1.84. The fraction of sp³-hybridized carbons (Fsp3) is 0.333. The largest absolute Gasteiger partial charge is 0.496 e. The fourth-order valence-corrected chi connectivity index (χ4v) is 1.46. The molecule has 0 unspecified atom stereocenters. The Kier molecular flexibility index (Phi) is 6.11. The molecular formula is C9H14BrClN2O. The number of benzene rings is 1. The number of hydrogen-bond acceptors (Lipinski definition) is 3. The lowest BCUT2D eigenvalue weighted by Gasteiger charge is -2.13. The van der Waals surface area contributed by atoms with Crippen LogP contribution in [0.15, 0.2) is 22.7 Å². The third-order valence-electron chi connectivity index (χ3n) is 1.85. The van der Waals surface area contributed by atoms with Crippen molar-refractivity contribution in [3.63, 3.8) is 0 Å². The molecule has 0 aliphatic carbocycles. The van der Waals surface area contributed by atoms with Crippen LogP contribution in [0.2, 0.25) is 0 Å². The van der Waals surface area contributed by atoms with Crippen LogP contribution >= 0.6 is 28.3 Å². The Labute approximate surface area is 98.3 Å². The molecule has 0 fully saturated rings. The van der Waals surface area contributed by atoms with Crippen LogP contribution in [0.4, 0.5) is 0 Å². The zero-order valence-electron chi connectivity index (χ0n) is 7.87. The van der Waals surface area contributed by atoms with E-state index in [4.69, 9.17) is 16.2 Å². The van der Waals surface area contributed by atoms with Crippen LogP contribution < -0.4 is 16.2 Å². The predicted molar refractivity (Wildman–Crippen MR) is 63.9 cm³/mol. The standard InChI is InChI=1S/C9H13BrN2O.ClH/c1-13-9-4-6(10)2-3-7(9)8(12)5-11;/h2-4,8H,5,11-12H2,1H3;1H/t8-;/m1./s1. The number of rotatable bonds is 3. The topological polar surface area (TPSA) is 61.3 Å². The number of hydrogen-bond donors (Lipinski definition) is 2. The maximum atomic E-state index is 5.80. The first-order valence-corrected chi connectivity index (χ1v) is 4.77. The molecule has 14 heavy (non-hydrogen) atoms. The van der Waals surface area contributed by atoms with Crippen LogP contribution in [0.3, 0.4) is 0 Å². The maximum Gasteiger partial charge on any atom is 0.124 e. The molecule has 0 saturated heterocycles. The molecule has 4 N–H and O–H groups in total. The lowest BCUT2D eigenvalue weighted by atomic mass is 10.1.